The standard InChI is InChI=1S/C25H29N11O8S2/c1-25(2)20(23(38)36(25)44-46(39,40)41)30-22(37)19(17-12-45-24(27)29-17)33-43-18(21-31-34-35-32-21)11-42-14-6-7-15-13(10-14)4-3-5-16(15)28-9-8-26/h3-7,10,12,18,20,28H,8-9,11,26H2,1-2H3,(H2,27,29)(H,30,37)(H,39,40,41)(H,31,32,34,35)/b33-19-/t18-,20?/m0/s1. The van der Waals surface area contributed by atoms with E-state index in [1.165, 1.54) is 19.2 Å². The Morgan fingerprint density at radius 1 is 1.30 bits per heavy atom. The van der Waals surface area contributed by atoms with Crippen LogP contribution >= 0.6 is 11.3 Å². The third kappa shape index (κ3) is 7.13. The first kappa shape index (κ1) is 32.4. The van der Waals surface area contributed by atoms with Crippen molar-refractivity contribution < 1.29 is 36.4 Å². The summed E-state index contributed by atoms with van der Waals surface area (Å²) in [6, 6.07) is 10.0. The van der Waals surface area contributed by atoms with Crippen LogP contribution in [0.5, 0.6) is 5.75 Å². The number of oxime groups is 1. The Morgan fingerprint density at radius 3 is 2.76 bits per heavy atom. The number of tetrazole rings is 1. The van der Waals surface area contributed by atoms with E-state index in [4.69, 9.17) is 25.6 Å². The van der Waals surface area contributed by atoms with Gasteiger partial charge in [-0.25, -0.2) is 4.98 Å². The fraction of sp³-hybridized carbons (Fsp3) is 0.320. The average molecular weight is 676 g/mol. The lowest BCUT2D eigenvalue weighted by molar-refractivity contribution is -0.218. The highest BCUT2D eigenvalue weighted by Crippen LogP contribution is 2.33. The second-order valence-corrected chi connectivity index (χ2v) is 12.2. The van der Waals surface area contributed by atoms with Crippen LogP contribution in [0.2, 0.25) is 0 Å². The molecule has 1 saturated heterocycles. The van der Waals surface area contributed by atoms with E-state index in [0.717, 1.165) is 27.8 Å². The summed E-state index contributed by atoms with van der Waals surface area (Å²) in [6.07, 6.45) is -1.08. The van der Waals surface area contributed by atoms with Crippen LogP contribution in [0, 0.1) is 0 Å². The lowest BCUT2D eigenvalue weighted by Crippen LogP contribution is -2.76. The van der Waals surface area contributed by atoms with Crippen molar-refractivity contribution in [3.05, 3.63) is 53.3 Å². The number of β-lactam (4-membered cyclic amide) rings is 1. The Balaban J connectivity index is 1.35. The van der Waals surface area contributed by atoms with Crippen LogP contribution in [-0.2, 0) is 29.1 Å². The zero-order valence-corrected chi connectivity index (χ0v) is 25.9. The van der Waals surface area contributed by atoms with Crippen molar-refractivity contribution in [2.75, 3.05) is 30.7 Å². The van der Waals surface area contributed by atoms with Gasteiger partial charge in [-0.2, -0.15) is 18.7 Å². The maximum atomic E-state index is 13.4. The number of nitrogens with one attached hydrogen (secondary N) is 3. The minimum absolute atomic E-state index is 0.0250. The van der Waals surface area contributed by atoms with Gasteiger partial charge in [-0.3, -0.25) is 14.1 Å². The quantitative estimate of drug-likeness (QED) is 0.0449. The minimum atomic E-state index is -4.99. The molecular formula is C25H29N11O8S2. The van der Waals surface area contributed by atoms with E-state index in [1.807, 2.05) is 30.3 Å². The largest absolute Gasteiger partial charge is 0.489 e. The molecule has 2 aromatic carbocycles. The summed E-state index contributed by atoms with van der Waals surface area (Å²) in [5.74, 6) is -1.30. The normalized spacial score (nSPS) is 17.0. The molecule has 0 saturated carbocycles. The number of carbonyl (C=O) groups is 2. The Hall–Kier alpha value is -4.96. The number of anilines is 2. The fourth-order valence-corrected chi connectivity index (χ4v) is 5.48. The van der Waals surface area contributed by atoms with Crippen molar-refractivity contribution in [2.24, 2.45) is 10.9 Å². The van der Waals surface area contributed by atoms with Gasteiger partial charge in [-0.1, -0.05) is 22.5 Å². The van der Waals surface area contributed by atoms with Gasteiger partial charge in [0.2, 0.25) is 11.9 Å². The zero-order valence-electron chi connectivity index (χ0n) is 24.3. The number of hydroxylamine groups is 2. The molecule has 1 unspecified atom stereocenters. The summed E-state index contributed by atoms with van der Waals surface area (Å²) >= 11 is 1.03. The number of rotatable bonds is 14. The average Bonchev–Trinajstić information content (AvgIpc) is 3.71. The molecule has 4 aromatic rings. The number of thiazole rings is 1. The molecule has 2 amide bonds. The zero-order chi connectivity index (χ0) is 33.1. The highest BCUT2D eigenvalue weighted by atomic mass is 32.3. The van der Waals surface area contributed by atoms with E-state index in [0.29, 0.717) is 23.9 Å². The number of aromatic amines is 1. The van der Waals surface area contributed by atoms with Gasteiger partial charge in [-0.15, -0.1) is 25.8 Å². The molecule has 0 aliphatic carbocycles. The smallest absolute Gasteiger partial charge is 0.418 e. The number of hydrogen-bond donors (Lipinski definition) is 6. The van der Waals surface area contributed by atoms with Gasteiger partial charge in [0.05, 0.1) is 5.54 Å². The number of nitrogen functional groups attached to an aromatic ring is 1. The Bertz CT molecular complexity index is 1860. The van der Waals surface area contributed by atoms with Gasteiger partial charge < -0.3 is 31.7 Å². The first-order valence-corrected chi connectivity index (χ1v) is 15.7. The maximum Gasteiger partial charge on any atom is 0.418 e. The Morgan fingerprint density at radius 2 is 2.11 bits per heavy atom. The lowest BCUT2D eigenvalue weighted by Gasteiger charge is -2.50. The molecule has 0 radical (unpaired) electrons. The van der Waals surface area contributed by atoms with E-state index in [9.17, 15) is 18.0 Å². The number of benzene rings is 2. The molecule has 1 aliphatic heterocycles. The Kier molecular flexibility index (Phi) is 9.29. The van der Waals surface area contributed by atoms with Crippen LogP contribution in [0.15, 0.2) is 46.9 Å². The topological polar surface area (TPSA) is 275 Å². The van der Waals surface area contributed by atoms with Crippen molar-refractivity contribution in [1.29, 1.82) is 0 Å². The van der Waals surface area contributed by atoms with Gasteiger partial charge in [0.1, 0.15) is 24.1 Å². The van der Waals surface area contributed by atoms with Crippen LogP contribution in [0.4, 0.5) is 10.8 Å². The molecular weight excluding hydrogens is 646 g/mol. The first-order valence-electron chi connectivity index (χ1n) is 13.5. The predicted octanol–water partition coefficient (Wildman–Crippen LogP) is 0.143. The number of nitrogens with zero attached hydrogens (tertiary/aromatic N) is 6. The number of nitrogens with two attached hydrogens (primary N) is 2. The van der Waals surface area contributed by atoms with Crippen molar-refractivity contribution >= 4 is 60.9 Å². The number of aromatic nitrogens is 5. The molecule has 2 atom stereocenters. The summed E-state index contributed by atoms with van der Waals surface area (Å²) in [5.41, 5.74) is 10.6. The number of ether oxygens (including phenoxy) is 1. The van der Waals surface area contributed by atoms with Crippen LogP contribution in [-0.4, -0.2) is 92.4 Å². The third-order valence-electron chi connectivity index (χ3n) is 6.73. The predicted molar refractivity (Wildman–Crippen MR) is 164 cm³/mol. The summed E-state index contributed by atoms with van der Waals surface area (Å²) < 4.78 is 41.6. The molecule has 46 heavy (non-hydrogen) atoms. The fourth-order valence-electron chi connectivity index (χ4n) is 4.48. The first-order chi connectivity index (χ1) is 21.9. The van der Waals surface area contributed by atoms with Gasteiger partial charge >= 0.3 is 10.4 Å². The van der Waals surface area contributed by atoms with Gasteiger partial charge in [0.15, 0.2) is 10.8 Å². The van der Waals surface area contributed by atoms with Crippen LogP contribution in [0.25, 0.3) is 10.8 Å². The highest BCUT2D eigenvalue weighted by molar-refractivity contribution is 7.80. The molecule has 0 bridgehead atoms. The molecule has 8 N–H and O–H groups in total. The Labute approximate surface area is 265 Å². The number of H-pyrrole nitrogens is 1. The van der Waals surface area contributed by atoms with Crippen molar-refractivity contribution in [1.82, 2.24) is 36.0 Å². The van der Waals surface area contributed by atoms with Crippen molar-refractivity contribution in [2.45, 2.75) is 31.5 Å². The van der Waals surface area contributed by atoms with Gasteiger partial charge in [0.25, 0.3) is 11.8 Å². The maximum absolute atomic E-state index is 13.4. The number of amides is 2. The molecule has 5 rings (SSSR count). The molecule has 1 aliphatic rings. The summed E-state index contributed by atoms with van der Waals surface area (Å²) in [4.78, 5) is 35.8. The summed E-state index contributed by atoms with van der Waals surface area (Å²) in [6.45, 7) is 3.76. The summed E-state index contributed by atoms with van der Waals surface area (Å²) in [7, 11) is -4.99. The number of fused-ring (bicyclic) bond motifs is 1. The molecule has 1 fully saturated rings. The second kappa shape index (κ2) is 13.2. The van der Waals surface area contributed by atoms with E-state index in [-0.39, 0.29) is 29.0 Å². The van der Waals surface area contributed by atoms with Gasteiger partial charge in [-0.05, 0) is 43.5 Å². The SMILES string of the molecule is CC1(C)C(NC(=O)/C(=N\O[C@@H](COc2ccc3c(NCCN)cccc3c2)c2nn[nH]n2)c2csc(N)n2)C(=O)N1OS(=O)(=O)O. The van der Waals surface area contributed by atoms with E-state index in [1.54, 1.807) is 6.07 Å². The molecule has 19 nitrogen and oxygen atoms in total. The molecule has 244 valence electrons. The number of hydrogen-bond acceptors (Lipinski definition) is 16. The summed E-state index contributed by atoms with van der Waals surface area (Å²) in [5, 5.41) is 27.4. The molecule has 3 heterocycles. The van der Waals surface area contributed by atoms with Crippen LogP contribution in [0.3, 0.4) is 0 Å². The molecule has 0 spiro atoms. The van der Waals surface area contributed by atoms with Crippen molar-refractivity contribution in [3.63, 3.8) is 0 Å². The van der Waals surface area contributed by atoms with Crippen LogP contribution < -0.4 is 26.8 Å². The monoisotopic (exact) mass is 675 g/mol. The second-order valence-electron chi connectivity index (χ2n) is 10.3. The van der Waals surface area contributed by atoms with Crippen LogP contribution in [0.1, 0.15) is 31.5 Å². The van der Waals surface area contributed by atoms with E-state index < -0.39 is 39.9 Å². The molecule has 21 heteroatoms. The number of carbonyl (C=O) groups excluding carboxylic acids is 2. The van der Waals surface area contributed by atoms with Gasteiger partial charge in [0, 0.05) is 29.5 Å². The lowest BCUT2D eigenvalue weighted by atomic mass is 9.84. The third-order valence-corrected chi connectivity index (χ3v) is 7.75. The van der Waals surface area contributed by atoms with Crippen molar-refractivity contribution in [3.8, 4) is 5.75 Å². The minimum Gasteiger partial charge on any atom is -0.489 e. The highest BCUT2D eigenvalue weighted by Gasteiger charge is 2.58. The molecule has 2 aromatic heterocycles. The van der Waals surface area contributed by atoms with E-state index >= 15 is 0 Å². The van der Waals surface area contributed by atoms with E-state index in [2.05, 4.69) is 45.7 Å².